The van der Waals surface area contributed by atoms with Crippen molar-refractivity contribution in [1.82, 2.24) is 4.90 Å². The Hall–Kier alpha value is -1.82. The van der Waals surface area contributed by atoms with Crippen molar-refractivity contribution >= 4 is 29.2 Å². The van der Waals surface area contributed by atoms with Crippen LogP contribution in [0.1, 0.15) is 11.1 Å². The molecule has 1 aliphatic heterocycles. The predicted octanol–water partition coefficient (Wildman–Crippen LogP) is 4.18. The number of nitrogens with zero attached hydrogens (tertiary/aromatic N) is 1. The molecule has 7 heteroatoms. The Labute approximate surface area is 154 Å². The van der Waals surface area contributed by atoms with E-state index in [9.17, 15) is 9.18 Å². The number of rotatable bonds is 6. The molecule has 0 amide bonds. The van der Waals surface area contributed by atoms with E-state index in [0.717, 1.165) is 11.1 Å². The molecular formula is C18H16Cl2FNO3. The summed E-state index contributed by atoms with van der Waals surface area (Å²) in [5.41, 5.74) is -0.232. The third kappa shape index (κ3) is 4.24. The van der Waals surface area contributed by atoms with E-state index in [0.29, 0.717) is 28.9 Å². The van der Waals surface area contributed by atoms with Gasteiger partial charge < -0.3 is 9.84 Å². The Morgan fingerprint density at radius 2 is 1.76 bits per heavy atom. The highest BCUT2D eigenvalue weighted by Gasteiger charge is 2.50. The first-order valence-corrected chi connectivity index (χ1v) is 8.42. The molecule has 0 aromatic heterocycles. The fraction of sp³-hybridized carbons (Fsp3) is 0.278. The summed E-state index contributed by atoms with van der Waals surface area (Å²) in [5.74, 6) is -0.696. The lowest BCUT2D eigenvalue weighted by Crippen LogP contribution is -2.62. The Bertz CT molecular complexity index is 776. The molecule has 3 rings (SSSR count). The number of likely N-dealkylation sites (tertiary alicyclic amines) is 1. The first-order valence-electron chi connectivity index (χ1n) is 7.66. The van der Waals surface area contributed by atoms with Gasteiger partial charge in [-0.1, -0.05) is 41.4 Å². The molecule has 0 radical (unpaired) electrons. The average molecular weight is 384 g/mol. The summed E-state index contributed by atoms with van der Waals surface area (Å²) in [6.07, 6.45) is 0. The van der Waals surface area contributed by atoms with Gasteiger partial charge in [0.2, 0.25) is 5.67 Å². The van der Waals surface area contributed by atoms with Crippen molar-refractivity contribution in [2.45, 2.75) is 18.8 Å². The van der Waals surface area contributed by atoms with Crippen molar-refractivity contribution in [2.24, 2.45) is 0 Å². The van der Waals surface area contributed by atoms with Gasteiger partial charge in [0.1, 0.15) is 12.4 Å². The van der Waals surface area contributed by atoms with Crippen LogP contribution in [-0.4, -0.2) is 34.7 Å². The zero-order valence-electron chi connectivity index (χ0n) is 13.2. The molecule has 1 N–H and O–H groups in total. The monoisotopic (exact) mass is 383 g/mol. The molecule has 2 aromatic rings. The number of carboxylic acids is 1. The van der Waals surface area contributed by atoms with Gasteiger partial charge in [-0.25, -0.2) is 9.18 Å². The lowest BCUT2D eigenvalue weighted by Gasteiger charge is -2.41. The minimum absolute atomic E-state index is 0.0854. The molecule has 0 atom stereocenters. The third-order valence-electron chi connectivity index (χ3n) is 4.05. The minimum atomic E-state index is -2.11. The minimum Gasteiger partial charge on any atom is -0.489 e. The average Bonchev–Trinajstić information content (AvgIpc) is 2.55. The molecule has 1 aliphatic rings. The van der Waals surface area contributed by atoms with Gasteiger partial charge >= 0.3 is 5.97 Å². The van der Waals surface area contributed by atoms with Crippen LogP contribution in [0.15, 0.2) is 42.5 Å². The highest BCUT2D eigenvalue weighted by Crippen LogP contribution is 2.28. The van der Waals surface area contributed by atoms with Crippen LogP contribution in [0.2, 0.25) is 10.0 Å². The molecule has 0 unspecified atom stereocenters. The Kier molecular flexibility index (Phi) is 5.18. The maximum absolute atomic E-state index is 13.7. The van der Waals surface area contributed by atoms with Crippen molar-refractivity contribution in [3.8, 4) is 5.75 Å². The number of aliphatic carboxylic acids is 1. The summed E-state index contributed by atoms with van der Waals surface area (Å²) in [7, 11) is 0. The summed E-state index contributed by atoms with van der Waals surface area (Å²) < 4.78 is 19.4. The largest absolute Gasteiger partial charge is 0.489 e. The van der Waals surface area contributed by atoms with Crippen LogP contribution in [0, 0.1) is 0 Å². The number of benzene rings is 2. The van der Waals surface area contributed by atoms with Crippen molar-refractivity contribution in [3.05, 3.63) is 63.6 Å². The first-order chi connectivity index (χ1) is 11.9. The zero-order valence-corrected chi connectivity index (χ0v) is 14.7. The number of carboxylic acid groups (broad SMARTS) is 1. The number of ether oxygens (including phenoxy) is 1. The standard InChI is InChI=1S/C18H16Cl2FNO3/c19-15-6-3-13(7-16(15)20)9-25-14-4-1-12(2-5-14)8-22-10-18(21,11-22)17(23)24/h1-7H,8-11H2,(H,23,24). The summed E-state index contributed by atoms with van der Waals surface area (Å²) in [6, 6.07) is 12.7. The summed E-state index contributed by atoms with van der Waals surface area (Å²) in [5, 5.41) is 9.75. The molecule has 2 aromatic carbocycles. The summed E-state index contributed by atoms with van der Waals surface area (Å²) in [6.45, 7) is 0.702. The second-order valence-electron chi connectivity index (χ2n) is 6.10. The van der Waals surface area contributed by atoms with E-state index in [1.165, 1.54) is 0 Å². The van der Waals surface area contributed by atoms with Gasteiger partial charge in [0.05, 0.1) is 10.0 Å². The smallest absolute Gasteiger partial charge is 0.344 e. The van der Waals surface area contributed by atoms with Gasteiger partial charge in [0, 0.05) is 19.6 Å². The lowest BCUT2D eigenvalue weighted by molar-refractivity contribution is -0.164. The van der Waals surface area contributed by atoms with Gasteiger partial charge in [-0.2, -0.15) is 0 Å². The zero-order chi connectivity index (χ0) is 18.0. The van der Waals surface area contributed by atoms with Crippen molar-refractivity contribution in [3.63, 3.8) is 0 Å². The van der Waals surface area contributed by atoms with Crippen LogP contribution in [0.5, 0.6) is 5.75 Å². The molecule has 0 bridgehead atoms. The van der Waals surface area contributed by atoms with Crippen LogP contribution < -0.4 is 4.74 Å². The maximum Gasteiger partial charge on any atom is 0.344 e. The van der Waals surface area contributed by atoms with Gasteiger partial charge in [-0.05, 0) is 35.4 Å². The normalized spacial score (nSPS) is 16.3. The van der Waals surface area contributed by atoms with E-state index >= 15 is 0 Å². The van der Waals surface area contributed by atoms with Crippen LogP contribution in [-0.2, 0) is 17.9 Å². The summed E-state index contributed by atoms with van der Waals surface area (Å²) in [4.78, 5) is 12.5. The first kappa shape index (κ1) is 18.0. The molecule has 0 aliphatic carbocycles. The van der Waals surface area contributed by atoms with E-state index in [2.05, 4.69) is 0 Å². The maximum atomic E-state index is 13.7. The molecule has 1 heterocycles. The van der Waals surface area contributed by atoms with Gasteiger partial charge in [-0.3, -0.25) is 4.90 Å². The van der Waals surface area contributed by atoms with Crippen LogP contribution >= 0.6 is 23.2 Å². The van der Waals surface area contributed by atoms with Gasteiger partial charge in [-0.15, -0.1) is 0 Å². The number of carbonyl (C=O) groups is 1. The topological polar surface area (TPSA) is 49.8 Å². The molecular weight excluding hydrogens is 368 g/mol. The number of halogens is 3. The molecule has 1 saturated heterocycles. The number of hydrogen-bond donors (Lipinski definition) is 1. The van der Waals surface area contributed by atoms with Gasteiger partial charge in [0.25, 0.3) is 0 Å². The molecule has 0 spiro atoms. The van der Waals surface area contributed by atoms with E-state index in [4.69, 9.17) is 33.0 Å². The Morgan fingerprint density at radius 3 is 2.36 bits per heavy atom. The highest BCUT2D eigenvalue weighted by molar-refractivity contribution is 6.42. The van der Waals surface area contributed by atoms with E-state index in [1.54, 1.807) is 17.0 Å². The number of alkyl halides is 1. The fourth-order valence-electron chi connectivity index (χ4n) is 2.65. The SMILES string of the molecule is O=C(O)C1(F)CN(Cc2ccc(OCc3ccc(Cl)c(Cl)c3)cc2)C1. The van der Waals surface area contributed by atoms with Crippen LogP contribution in [0.3, 0.4) is 0 Å². The van der Waals surface area contributed by atoms with E-state index in [-0.39, 0.29) is 13.1 Å². The molecule has 25 heavy (non-hydrogen) atoms. The summed E-state index contributed by atoms with van der Waals surface area (Å²) >= 11 is 11.8. The lowest BCUT2D eigenvalue weighted by atomic mass is 9.96. The van der Waals surface area contributed by atoms with Crippen molar-refractivity contribution in [2.75, 3.05) is 13.1 Å². The van der Waals surface area contributed by atoms with E-state index < -0.39 is 11.6 Å². The van der Waals surface area contributed by atoms with Crippen LogP contribution in [0.4, 0.5) is 4.39 Å². The van der Waals surface area contributed by atoms with Crippen molar-refractivity contribution in [1.29, 1.82) is 0 Å². The quantitative estimate of drug-likeness (QED) is 0.812. The molecule has 132 valence electrons. The highest BCUT2D eigenvalue weighted by atomic mass is 35.5. The Morgan fingerprint density at radius 1 is 1.12 bits per heavy atom. The second kappa shape index (κ2) is 7.20. The van der Waals surface area contributed by atoms with Crippen molar-refractivity contribution < 1.29 is 19.0 Å². The fourth-order valence-corrected chi connectivity index (χ4v) is 2.98. The Balaban J connectivity index is 1.51. The molecule has 1 fully saturated rings. The van der Waals surface area contributed by atoms with E-state index in [1.807, 2.05) is 30.3 Å². The molecule has 4 nitrogen and oxygen atoms in total. The number of hydrogen-bond acceptors (Lipinski definition) is 3. The molecule has 0 saturated carbocycles. The second-order valence-corrected chi connectivity index (χ2v) is 6.91. The van der Waals surface area contributed by atoms with Crippen LogP contribution in [0.25, 0.3) is 0 Å². The third-order valence-corrected chi connectivity index (χ3v) is 4.79. The van der Waals surface area contributed by atoms with Gasteiger partial charge in [0.15, 0.2) is 0 Å². The predicted molar refractivity (Wildman–Crippen MR) is 94.0 cm³/mol.